The molecule has 10 nitrogen and oxygen atoms in total. The molecule has 1 aliphatic heterocycles. The zero-order valence-corrected chi connectivity index (χ0v) is 20.6. The Morgan fingerprint density at radius 1 is 0.475 bits per heavy atom. The molecule has 0 atom stereocenters. The van der Waals surface area contributed by atoms with Crippen LogP contribution in [0.4, 0.5) is 11.4 Å². The average molecular weight is 527 g/mol. The molecule has 0 saturated carbocycles. The van der Waals surface area contributed by atoms with E-state index >= 15 is 0 Å². The van der Waals surface area contributed by atoms with E-state index in [0.29, 0.717) is 34.3 Å². The van der Waals surface area contributed by atoms with Crippen LogP contribution >= 0.6 is 0 Å². The number of hydrogen-bond donors (Lipinski definition) is 2. The van der Waals surface area contributed by atoms with Gasteiger partial charge in [-0.2, -0.15) is 0 Å². The average Bonchev–Trinajstić information content (AvgIpc) is 3.67. The molecular weight excluding hydrogens is 508 g/mol. The molecule has 6 aromatic rings. The molecule has 0 saturated heterocycles. The van der Waals surface area contributed by atoms with Crippen molar-refractivity contribution < 1.29 is 19.0 Å². The van der Waals surface area contributed by atoms with E-state index in [0.717, 1.165) is 22.3 Å². The number of rotatable bonds is 0. The number of aliphatic imine (C=N–C) groups is 2. The molecule has 12 bridgehead atoms. The molecule has 0 amide bonds. The Morgan fingerprint density at radius 2 is 0.925 bits per heavy atom. The van der Waals surface area contributed by atoms with Gasteiger partial charge in [0.15, 0.2) is 0 Å². The first-order chi connectivity index (χ1) is 19.6. The minimum absolute atomic E-state index is 0.0531. The molecule has 2 aromatic heterocycles. The van der Waals surface area contributed by atoms with E-state index in [1.165, 1.54) is 12.1 Å². The number of aromatic nitrogens is 4. The molecule has 40 heavy (non-hydrogen) atoms. The number of aromatic hydroxyl groups is 2. The summed E-state index contributed by atoms with van der Waals surface area (Å²) in [7, 11) is 0. The molecule has 7 rings (SSSR count). The van der Waals surface area contributed by atoms with Crippen molar-refractivity contribution in [3.63, 3.8) is 0 Å². The van der Waals surface area contributed by atoms with E-state index in [1.54, 1.807) is 36.7 Å². The zero-order valence-electron chi connectivity index (χ0n) is 20.6. The SMILES string of the molecule is Oc1ccc2cc1-c1nnc(o1)-c1cc(ccc1O)N=Cc1cccc(c1)-c1nnc(o1)-c1cccc(c1)C=N2. The highest BCUT2D eigenvalue weighted by molar-refractivity contribution is 5.85. The lowest BCUT2D eigenvalue weighted by Crippen LogP contribution is -1.84. The molecule has 2 N–H and O–H groups in total. The number of phenols is 2. The highest BCUT2D eigenvalue weighted by atomic mass is 16.4. The van der Waals surface area contributed by atoms with Gasteiger partial charge in [0.05, 0.1) is 22.5 Å². The maximum atomic E-state index is 10.5. The number of phenolic OH excluding ortho intramolecular Hbond substituents is 2. The summed E-state index contributed by atoms with van der Waals surface area (Å²) in [6.45, 7) is 0. The molecule has 3 heterocycles. The van der Waals surface area contributed by atoms with Crippen LogP contribution in [0.3, 0.4) is 0 Å². The summed E-state index contributed by atoms with van der Waals surface area (Å²) in [6.07, 6.45) is 3.38. The van der Waals surface area contributed by atoms with Crippen LogP contribution in [0.25, 0.3) is 45.8 Å². The van der Waals surface area contributed by atoms with Gasteiger partial charge in [-0.05, 0) is 71.8 Å². The Morgan fingerprint density at radius 3 is 1.43 bits per heavy atom. The monoisotopic (exact) mass is 526 g/mol. The third kappa shape index (κ3) is 4.39. The fourth-order valence-corrected chi connectivity index (χ4v) is 4.25. The number of hydrogen-bond acceptors (Lipinski definition) is 10. The van der Waals surface area contributed by atoms with Crippen LogP contribution in [0.1, 0.15) is 11.1 Å². The van der Waals surface area contributed by atoms with Crippen LogP contribution in [0, 0.1) is 0 Å². The third-order valence-electron chi connectivity index (χ3n) is 6.26. The van der Waals surface area contributed by atoms with Gasteiger partial charge in [-0.1, -0.05) is 24.3 Å². The maximum Gasteiger partial charge on any atom is 0.251 e. The van der Waals surface area contributed by atoms with Gasteiger partial charge in [0.25, 0.3) is 11.8 Å². The second-order valence-corrected chi connectivity index (χ2v) is 8.99. The molecule has 0 aliphatic carbocycles. The summed E-state index contributed by atoms with van der Waals surface area (Å²) >= 11 is 0. The van der Waals surface area contributed by atoms with Crippen molar-refractivity contribution in [3.05, 3.63) is 96.1 Å². The lowest BCUT2D eigenvalue weighted by atomic mass is 10.1. The maximum absolute atomic E-state index is 10.5. The predicted molar refractivity (Wildman–Crippen MR) is 148 cm³/mol. The smallest absolute Gasteiger partial charge is 0.251 e. The van der Waals surface area contributed by atoms with E-state index in [9.17, 15) is 10.2 Å². The van der Waals surface area contributed by atoms with E-state index in [4.69, 9.17) is 8.83 Å². The molecule has 0 radical (unpaired) electrons. The minimum Gasteiger partial charge on any atom is -0.507 e. The van der Waals surface area contributed by atoms with Gasteiger partial charge in [-0.3, -0.25) is 9.98 Å². The van der Waals surface area contributed by atoms with Crippen LogP contribution in [-0.2, 0) is 0 Å². The summed E-state index contributed by atoms with van der Waals surface area (Å²) in [6, 6.07) is 24.7. The summed E-state index contributed by atoms with van der Waals surface area (Å²) in [4.78, 5) is 9.10. The topological polar surface area (TPSA) is 143 Å². The van der Waals surface area contributed by atoms with Gasteiger partial charge >= 0.3 is 0 Å². The fourth-order valence-electron chi connectivity index (χ4n) is 4.25. The Bertz CT molecular complexity index is 1820. The van der Waals surface area contributed by atoms with Crippen LogP contribution in [0.2, 0.25) is 0 Å². The van der Waals surface area contributed by atoms with Crippen LogP contribution in [-0.4, -0.2) is 43.0 Å². The van der Waals surface area contributed by atoms with Crippen molar-refractivity contribution in [2.24, 2.45) is 9.98 Å². The quantitative estimate of drug-likeness (QED) is 0.233. The van der Waals surface area contributed by atoms with E-state index < -0.39 is 0 Å². The standard InChI is InChI=1S/C30H18N6O4/c37-25-9-7-21-13-23(25)29-35-36-30(40-29)24-14-22(8-10-26(24)38)32-16-18-4-2-6-20(12-18)28-34-33-27(39-28)19-5-1-3-17(11-19)15-31-21/h1-16,37-38H. The lowest BCUT2D eigenvalue weighted by Gasteiger charge is -2.03. The highest BCUT2D eigenvalue weighted by Gasteiger charge is 2.18. The van der Waals surface area contributed by atoms with Crippen molar-refractivity contribution in [1.29, 1.82) is 0 Å². The lowest BCUT2D eigenvalue weighted by molar-refractivity contribution is 0.470. The molecule has 4 aromatic carbocycles. The van der Waals surface area contributed by atoms with Gasteiger partial charge in [0, 0.05) is 23.6 Å². The fraction of sp³-hybridized carbons (Fsp3) is 0. The normalized spacial score (nSPS) is 12.0. The summed E-state index contributed by atoms with van der Waals surface area (Å²) < 4.78 is 11.8. The molecule has 1 aliphatic rings. The van der Waals surface area contributed by atoms with Gasteiger partial charge in [0.1, 0.15) is 11.5 Å². The van der Waals surface area contributed by atoms with Crippen molar-refractivity contribution in [2.45, 2.75) is 0 Å². The van der Waals surface area contributed by atoms with Crippen molar-refractivity contribution >= 4 is 23.8 Å². The molecule has 0 fully saturated rings. The first-order valence-corrected chi connectivity index (χ1v) is 12.2. The van der Waals surface area contributed by atoms with E-state index in [2.05, 4.69) is 30.4 Å². The largest absolute Gasteiger partial charge is 0.507 e. The van der Waals surface area contributed by atoms with Gasteiger partial charge in [-0.15, -0.1) is 20.4 Å². The number of fused-ring (bicyclic) bond motifs is 16. The first-order valence-electron chi connectivity index (χ1n) is 12.2. The second-order valence-electron chi connectivity index (χ2n) is 8.99. The van der Waals surface area contributed by atoms with Gasteiger partial charge in [0.2, 0.25) is 11.8 Å². The summed E-state index contributed by atoms with van der Waals surface area (Å²) in [5, 5.41) is 37.7. The molecular formula is C30H18N6O4. The van der Waals surface area contributed by atoms with E-state index in [-0.39, 0.29) is 23.3 Å². The molecule has 192 valence electrons. The van der Waals surface area contributed by atoms with Crippen molar-refractivity contribution in [2.75, 3.05) is 0 Å². The third-order valence-corrected chi connectivity index (χ3v) is 6.26. The molecule has 0 unspecified atom stereocenters. The molecule has 10 heteroatoms. The van der Waals surface area contributed by atoms with Crippen molar-refractivity contribution in [1.82, 2.24) is 20.4 Å². The molecule has 0 spiro atoms. The predicted octanol–water partition coefficient (Wildman–Crippen LogP) is 6.35. The zero-order chi connectivity index (χ0) is 27.1. The Labute approximate surface area is 226 Å². The van der Waals surface area contributed by atoms with Crippen LogP contribution in [0.15, 0.2) is 104 Å². The number of benzene rings is 4. The van der Waals surface area contributed by atoms with Gasteiger partial charge < -0.3 is 19.0 Å². The Hall–Kier alpha value is -5.90. The number of nitrogens with zero attached hydrogens (tertiary/aromatic N) is 6. The van der Waals surface area contributed by atoms with E-state index in [1.807, 2.05) is 48.5 Å². The van der Waals surface area contributed by atoms with Gasteiger partial charge in [-0.25, -0.2) is 0 Å². The second kappa shape index (κ2) is 9.44. The van der Waals surface area contributed by atoms with Crippen molar-refractivity contribution in [3.8, 4) is 57.3 Å². The van der Waals surface area contributed by atoms with Crippen LogP contribution < -0.4 is 0 Å². The highest BCUT2D eigenvalue weighted by Crippen LogP contribution is 2.37. The summed E-state index contributed by atoms with van der Waals surface area (Å²) in [5.74, 6) is 0.798. The minimum atomic E-state index is -0.0531. The Kier molecular flexibility index (Phi) is 5.48. The summed E-state index contributed by atoms with van der Waals surface area (Å²) in [5.41, 5.74) is 4.82. The van der Waals surface area contributed by atoms with Crippen LogP contribution in [0.5, 0.6) is 11.5 Å². The Balaban J connectivity index is 1.39. The first kappa shape index (κ1) is 23.2.